The van der Waals surface area contributed by atoms with Crippen LogP contribution in [0, 0.1) is 0 Å². The molecule has 2 aromatic rings. The van der Waals surface area contributed by atoms with Gasteiger partial charge in [-0.25, -0.2) is 14.6 Å². The third kappa shape index (κ3) is 3.99. The summed E-state index contributed by atoms with van der Waals surface area (Å²) in [5.74, 6) is -1.32. The lowest BCUT2D eigenvalue weighted by atomic mass is 10.2. The van der Waals surface area contributed by atoms with Crippen LogP contribution in [-0.4, -0.2) is 36.0 Å². The number of carbonyl (C=O) groups is 3. The van der Waals surface area contributed by atoms with Gasteiger partial charge in [0.25, 0.3) is 5.91 Å². The fraction of sp³-hybridized carbons (Fsp3) is 0.231. The number of carbonyl (C=O) groups excluding carboxylic acids is 3. The number of nitrogens with one attached hydrogen (secondary N) is 2. The van der Waals surface area contributed by atoms with Crippen LogP contribution in [0.1, 0.15) is 17.3 Å². The topological polar surface area (TPSA) is 97.4 Å². The Balaban J connectivity index is 1.89. The number of esters is 1. The first-order valence-electron chi connectivity index (χ1n) is 6.18. The molecule has 2 rings (SSSR count). The minimum absolute atomic E-state index is 0.331. The molecule has 0 radical (unpaired) electrons. The first kappa shape index (κ1) is 14.9. The average molecular weight is 307 g/mol. The number of amides is 3. The lowest BCUT2D eigenvalue weighted by molar-refractivity contribution is -0.123. The molecule has 1 heterocycles. The maximum Gasteiger partial charge on any atom is 0.338 e. The second kappa shape index (κ2) is 6.80. The highest BCUT2D eigenvalue weighted by molar-refractivity contribution is 7.16. The summed E-state index contributed by atoms with van der Waals surface area (Å²) in [6, 6.07) is 4.31. The Kier molecular flexibility index (Phi) is 4.83. The molecule has 7 nitrogen and oxygen atoms in total. The first-order chi connectivity index (χ1) is 10.1. The van der Waals surface area contributed by atoms with E-state index in [1.807, 2.05) is 5.32 Å². The Morgan fingerprint density at radius 1 is 1.33 bits per heavy atom. The Morgan fingerprint density at radius 2 is 2.14 bits per heavy atom. The van der Waals surface area contributed by atoms with E-state index in [-0.39, 0.29) is 0 Å². The molecule has 1 aromatic heterocycles. The monoisotopic (exact) mass is 307 g/mol. The molecule has 1 aromatic carbocycles. The number of aromatic nitrogens is 1. The van der Waals surface area contributed by atoms with Gasteiger partial charge in [0, 0.05) is 6.54 Å². The molecule has 0 spiro atoms. The largest absolute Gasteiger partial charge is 0.452 e. The van der Waals surface area contributed by atoms with E-state index in [1.54, 1.807) is 30.6 Å². The van der Waals surface area contributed by atoms with Crippen molar-refractivity contribution in [1.82, 2.24) is 15.6 Å². The van der Waals surface area contributed by atoms with E-state index >= 15 is 0 Å². The van der Waals surface area contributed by atoms with E-state index in [0.717, 1.165) is 10.2 Å². The number of urea groups is 1. The van der Waals surface area contributed by atoms with Crippen molar-refractivity contribution >= 4 is 39.5 Å². The summed E-state index contributed by atoms with van der Waals surface area (Å²) in [6.07, 6.45) is 0. The normalized spacial score (nSPS) is 10.1. The molecule has 110 valence electrons. The van der Waals surface area contributed by atoms with Crippen molar-refractivity contribution in [3.63, 3.8) is 0 Å². The summed E-state index contributed by atoms with van der Waals surface area (Å²) in [5.41, 5.74) is 2.81. The number of benzene rings is 1. The van der Waals surface area contributed by atoms with E-state index in [4.69, 9.17) is 4.74 Å². The number of fused-ring (bicyclic) bond motifs is 1. The maximum atomic E-state index is 11.8. The highest BCUT2D eigenvalue weighted by Crippen LogP contribution is 2.19. The number of hydrogen-bond donors (Lipinski definition) is 2. The van der Waals surface area contributed by atoms with Crippen LogP contribution in [0.3, 0.4) is 0 Å². The molecule has 21 heavy (non-hydrogen) atoms. The Bertz CT molecular complexity index is 683. The van der Waals surface area contributed by atoms with E-state index in [0.29, 0.717) is 12.1 Å². The van der Waals surface area contributed by atoms with Gasteiger partial charge in [0.15, 0.2) is 6.61 Å². The van der Waals surface area contributed by atoms with Crippen LogP contribution in [0.25, 0.3) is 10.2 Å². The summed E-state index contributed by atoms with van der Waals surface area (Å²) < 4.78 is 5.71. The zero-order chi connectivity index (χ0) is 15.2. The van der Waals surface area contributed by atoms with Crippen LogP contribution in [-0.2, 0) is 9.53 Å². The fourth-order valence-electron chi connectivity index (χ4n) is 1.56. The molecule has 0 fully saturated rings. The quantitative estimate of drug-likeness (QED) is 0.830. The maximum absolute atomic E-state index is 11.8. The lowest BCUT2D eigenvalue weighted by Gasteiger charge is -2.06. The molecule has 3 amide bonds. The molecule has 0 aliphatic heterocycles. The molecule has 0 atom stereocenters. The van der Waals surface area contributed by atoms with Crippen LogP contribution in [0.4, 0.5) is 4.79 Å². The van der Waals surface area contributed by atoms with Gasteiger partial charge in [0.1, 0.15) is 0 Å². The standard InChI is InChI=1S/C13H13N3O4S/c1-2-14-13(19)16-11(17)6-20-12(18)8-3-4-9-10(5-8)21-7-15-9/h3-5,7H,2,6H2,1H3,(H2,14,16,17,19). The van der Waals surface area contributed by atoms with Crippen molar-refractivity contribution in [2.24, 2.45) is 0 Å². The SMILES string of the molecule is CCNC(=O)NC(=O)COC(=O)c1ccc2ncsc2c1. The number of hydrogen-bond acceptors (Lipinski definition) is 6. The van der Waals surface area contributed by atoms with Gasteiger partial charge in [0.2, 0.25) is 0 Å². The van der Waals surface area contributed by atoms with E-state index < -0.39 is 24.5 Å². The number of nitrogens with zero attached hydrogens (tertiary/aromatic N) is 1. The lowest BCUT2D eigenvalue weighted by Crippen LogP contribution is -2.41. The number of ether oxygens (including phenoxy) is 1. The summed E-state index contributed by atoms with van der Waals surface area (Å²) in [7, 11) is 0. The second-order valence-electron chi connectivity index (χ2n) is 4.02. The Morgan fingerprint density at radius 3 is 2.90 bits per heavy atom. The zero-order valence-electron chi connectivity index (χ0n) is 11.2. The molecular weight excluding hydrogens is 294 g/mol. The highest BCUT2D eigenvalue weighted by Gasteiger charge is 2.13. The zero-order valence-corrected chi connectivity index (χ0v) is 12.0. The number of imide groups is 1. The minimum atomic E-state index is -0.687. The Labute approximate surface area is 124 Å². The molecule has 0 unspecified atom stereocenters. The van der Waals surface area contributed by atoms with Gasteiger partial charge in [-0.2, -0.15) is 0 Å². The molecule has 0 bridgehead atoms. The molecule has 0 aliphatic rings. The summed E-state index contributed by atoms with van der Waals surface area (Å²) in [6.45, 7) is 1.60. The van der Waals surface area contributed by atoms with Crippen LogP contribution >= 0.6 is 11.3 Å². The van der Waals surface area contributed by atoms with Gasteiger partial charge in [-0.1, -0.05) is 0 Å². The summed E-state index contributed by atoms with van der Waals surface area (Å²) in [4.78, 5) is 38.4. The van der Waals surface area contributed by atoms with E-state index in [1.165, 1.54) is 11.3 Å². The molecular formula is C13H13N3O4S. The summed E-state index contributed by atoms with van der Waals surface area (Å²) in [5, 5.41) is 4.44. The van der Waals surface area contributed by atoms with Crippen LogP contribution in [0.5, 0.6) is 0 Å². The van der Waals surface area contributed by atoms with Gasteiger partial charge in [-0.3, -0.25) is 10.1 Å². The molecule has 2 N–H and O–H groups in total. The second-order valence-corrected chi connectivity index (χ2v) is 4.90. The van der Waals surface area contributed by atoms with Crippen molar-refractivity contribution in [1.29, 1.82) is 0 Å². The molecule has 0 saturated heterocycles. The van der Waals surface area contributed by atoms with Gasteiger partial charge < -0.3 is 10.1 Å². The first-order valence-corrected chi connectivity index (χ1v) is 7.06. The van der Waals surface area contributed by atoms with Crippen LogP contribution in [0.15, 0.2) is 23.7 Å². The van der Waals surface area contributed by atoms with Gasteiger partial charge in [-0.05, 0) is 25.1 Å². The predicted molar refractivity (Wildman–Crippen MR) is 77.1 cm³/mol. The smallest absolute Gasteiger partial charge is 0.338 e. The summed E-state index contributed by atoms with van der Waals surface area (Å²) >= 11 is 1.41. The molecule has 8 heteroatoms. The number of rotatable bonds is 4. The van der Waals surface area contributed by atoms with Crippen molar-refractivity contribution in [2.75, 3.05) is 13.2 Å². The predicted octanol–water partition coefficient (Wildman–Crippen LogP) is 1.30. The Hall–Kier alpha value is -2.48. The number of thiazole rings is 1. The van der Waals surface area contributed by atoms with E-state index in [9.17, 15) is 14.4 Å². The highest BCUT2D eigenvalue weighted by atomic mass is 32.1. The van der Waals surface area contributed by atoms with Crippen LogP contribution < -0.4 is 10.6 Å². The van der Waals surface area contributed by atoms with Crippen LogP contribution in [0.2, 0.25) is 0 Å². The van der Waals surface area contributed by atoms with Gasteiger partial charge >= 0.3 is 12.0 Å². The average Bonchev–Trinajstić information content (AvgIpc) is 2.92. The van der Waals surface area contributed by atoms with Gasteiger partial charge in [-0.15, -0.1) is 11.3 Å². The van der Waals surface area contributed by atoms with Crippen molar-refractivity contribution < 1.29 is 19.1 Å². The van der Waals surface area contributed by atoms with Gasteiger partial charge in [0.05, 0.1) is 21.3 Å². The minimum Gasteiger partial charge on any atom is -0.452 e. The molecule has 0 saturated carbocycles. The third-order valence-electron chi connectivity index (χ3n) is 2.49. The van der Waals surface area contributed by atoms with Crippen molar-refractivity contribution in [3.8, 4) is 0 Å². The fourth-order valence-corrected chi connectivity index (χ4v) is 2.28. The molecule has 0 aliphatic carbocycles. The van der Waals surface area contributed by atoms with Crippen molar-refractivity contribution in [2.45, 2.75) is 6.92 Å². The van der Waals surface area contributed by atoms with Crippen molar-refractivity contribution in [3.05, 3.63) is 29.3 Å². The van der Waals surface area contributed by atoms with E-state index in [2.05, 4.69) is 10.3 Å². The third-order valence-corrected chi connectivity index (χ3v) is 3.28.